The van der Waals surface area contributed by atoms with Crippen LogP contribution in [0.4, 0.5) is 0 Å². The normalized spacial score (nSPS) is 12.1. The van der Waals surface area contributed by atoms with Crippen molar-refractivity contribution < 1.29 is 109 Å². The summed E-state index contributed by atoms with van der Waals surface area (Å²) in [6.07, 6.45) is 4.44. The Hall–Kier alpha value is -1.37. The number of hydrogen-bond donors (Lipinski definition) is 0. The average Bonchev–Trinajstić information content (AvgIpc) is 3.41. The minimum atomic E-state index is -0.131. The van der Waals surface area contributed by atoms with Crippen LogP contribution >= 0.6 is 0 Å². The van der Waals surface area contributed by atoms with E-state index >= 15 is 0 Å². The van der Waals surface area contributed by atoms with Gasteiger partial charge in [0.05, 0.1) is 277 Å². The molecule has 0 aliphatic carbocycles. The molecule has 0 radical (unpaired) electrons. The van der Waals surface area contributed by atoms with Crippen LogP contribution in [0, 0.1) is 0 Å². The molecule has 23 heteroatoms. The Labute approximate surface area is 450 Å². The molecule has 1 atom stereocenters. The van der Waals surface area contributed by atoms with E-state index in [4.69, 9.17) is 104 Å². The number of carbonyl (C=O) groups excluding carboxylic acids is 1. The first kappa shape index (κ1) is 73.6. The van der Waals surface area contributed by atoms with E-state index in [1.807, 2.05) is 6.92 Å². The van der Waals surface area contributed by atoms with Gasteiger partial charge < -0.3 is 104 Å². The van der Waals surface area contributed by atoms with Crippen LogP contribution in [0.5, 0.6) is 0 Å². The van der Waals surface area contributed by atoms with E-state index in [2.05, 4.69) is 13.8 Å². The summed E-state index contributed by atoms with van der Waals surface area (Å²) in [5.41, 5.74) is 0. The smallest absolute Gasteiger partial charge is 0.305 e. The summed E-state index contributed by atoms with van der Waals surface area (Å²) in [5, 5.41) is 0. The summed E-state index contributed by atoms with van der Waals surface area (Å²) in [5.74, 6) is -0.131. The van der Waals surface area contributed by atoms with Crippen LogP contribution in [0.2, 0.25) is 0 Å². The molecule has 0 saturated heterocycles. The molecule has 23 nitrogen and oxygen atoms in total. The Kier molecular flexibility index (Phi) is 67.5. The largest absolute Gasteiger partial charge is 0.466 e. The molecule has 0 aliphatic rings. The van der Waals surface area contributed by atoms with Crippen molar-refractivity contribution in [3.05, 3.63) is 0 Å². The highest BCUT2D eigenvalue weighted by Gasteiger charge is 2.03. The maximum absolute atomic E-state index is 11.3. The summed E-state index contributed by atoms with van der Waals surface area (Å²) in [6.45, 7) is 27.3. The van der Waals surface area contributed by atoms with Crippen LogP contribution in [0.1, 0.15) is 52.9 Å². The van der Waals surface area contributed by atoms with Gasteiger partial charge in [0.25, 0.3) is 0 Å². The monoisotopic (exact) mass is 1100 g/mol. The summed E-state index contributed by atoms with van der Waals surface area (Å²) in [6, 6.07) is 0. The van der Waals surface area contributed by atoms with Crippen LogP contribution in [0.3, 0.4) is 0 Å². The fraction of sp³-hybridized carbons (Fsp3) is 0.981. The molecule has 1 unspecified atom stereocenters. The van der Waals surface area contributed by atoms with Crippen LogP contribution in [-0.2, 0) is 109 Å². The highest BCUT2D eigenvalue weighted by Crippen LogP contribution is 2.02. The molecule has 450 valence electrons. The van der Waals surface area contributed by atoms with Crippen molar-refractivity contribution in [2.75, 3.05) is 277 Å². The van der Waals surface area contributed by atoms with Gasteiger partial charge in [-0.15, -0.1) is 0 Å². The summed E-state index contributed by atoms with van der Waals surface area (Å²) >= 11 is 0. The Morgan fingerprint density at radius 2 is 0.440 bits per heavy atom. The lowest BCUT2D eigenvalue weighted by Gasteiger charge is -2.11. The van der Waals surface area contributed by atoms with E-state index in [0.717, 1.165) is 25.7 Å². The molecule has 0 aromatic carbocycles. The van der Waals surface area contributed by atoms with Crippen LogP contribution < -0.4 is 0 Å². The summed E-state index contributed by atoms with van der Waals surface area (Å²) in [4.78, 5) is 11.3. The Morgan fingerprint density at radius 3 is 0.627 bits per heavy atom. The van der Waals surface area contributed by atoms with Crippen molar-refractivity contribution in [1.82, 2.24) is 0 Å². The van der Waals surface area contributed by atoms with Crippen LogP contribution in [0.25, 0.3) is 0 Å². The first-order valence-electron chi connectivity index (χ1n) is 27.5. The zero-order chi connectivity index (χ0) is 53.9. The van der Waals surface area contributed by atoms with E-state index in [1.54, 1.807) is 0 Å². The third-order valence-corrected chi connectivity index (χ3v) is 9.75. The van der Waals surface area contributed by atoms with Gasteiger partial charge in [-0.05, 0) is 33.1 Å². The molecule has 0 saturated carbocycles. The Morgan fingerprint density at radius 1 is 0.253 bits per heavy atom. The third kappa shape index (κ3) is 68.7. The minimum Gasteiger partial charge on any atom is -0.466 e. The molecule has 0 aromatic rings. The molecule has 0 rings (SSSR count). The highest BCUT2D eigenvalue weighted by atomic mass is 16.6. The molecule has 0 spiro atoms. The van der Waals surface area contributed by atoms with Gasteiger partial charge in [0.2, 0.25) is 0 Å². The molecule has 75 heavy (non-hydrogen) atoms. The van der Waals surface area contributed by atoms with E-state index in [1.165, 1.54) is 0 Å². The molecule has 0 N–H and O–H groups in total. The van der Waals surface area contributed by atoms with Crippen molar-refractivity contribution >= 4 is 5.97 Å². The van der Waals surface area contributed by atoms with E-state index in [0.29, 0.717) is 284 Å². The number of rotatable bonds is 69. The Bertz CT molecular complexity index is 1040. The number of ether oxygens (including phenoxy) is 22. The lowest BCUT2D eigenvalue weighted by Crippen LogP contribution is -2.16. The predicted octanol–water partition coefficient (Wildman–Crippen LogP) is 3.26. The van der Waals surface area contributed by atoms with E-state index in [-0.39, 0.29) is 12.1 Å². The topological polar surface area (TPSA) is 220 Å². The molecule has 0 bridgehead atoms. The Balaban J connectivity index is 3.09. The lowest BCUT2D eigenvalue weighted by molar-refractivity contribution is -0.143. The number of hydrogen-bond acceptors (Lipinski definition) is 23. The predicted molar refractivity (Wildman–Crippen MR) is 277 cm³/mol. The van der Waals surface area contributed by atoms with Gasteiger partial charge in [-0.2, -0.15) is 0 Å². The van der Waals surface area contributed by atoms with Gasteiger partial charge in [0.15, 0.2) is 0 Å². The van der Waals surface area contributed by atoms with Crippen LogP contribution in [-0.4, -0.2) is 290 Å². The van der Waals surface area contributed by atoms with E-state index in [9.17, 15) is 4.79 Å². The molecule has 0 aliphatic heterocycles. The SMILES string of the molecule is CCOC(=O)CCCCCOCCOCCOCCOCCOCCOCCOCCOCCOCCOCCOCCOCCOCCOCCOCCOCCOCCOCCOCCOCCOC(C)CC. The first-order chi connectivity index (χ1) is 37.2. The second-order valence-electron chi connectivity index (χ2n) is 16.0. The molecule has 0 fully saturated rings. The molecule has 0 heterocycles. The summed E-state index contributed by atoms with van der Waals surface area (Å²) < 4.78 is 121. The van der Waals surface area contributed by atoms with Gasteiger partial charge in [0, 0.05) is 13.0 Å². The fourth-order valence-corrected chi connectivity index (χ4v) is 5.59. The zero-order valence-electron chi connectivity index (χ0n) is 46.7. The van der Waals surface area contributed by atoms with Gasteiger partial charge in [0.1, 0.15) is 0 Å². The molecular weight excluding hydrogens is 993 g/mol. The molecule has 0 amide bonds. The van der Waals surface area contributed by atoms with Crippen LogP contribution in [0.15, 0.2) is 0 Å². The molecular formula is C52H104O23. The number of carbonyl (C=O) groups is 1. The van der Waals surface area contributed by atoms with Crippen molar-refractivity contribution in [2.24, 2.45) is 0 Å². The lowest BCUT2D eigenvalue weighted by atomic mass is 10.2. The quantitative estimate of drug-likeness (QED) is 0.0630. The molecule has 0 aromatic heterocycles. The third-order valence-electron chi connectivity index (χ3n) is 9.75. The zero-order valence-corrected chi connectivity index (χ0v) is 46.7. The van der Waals surface area contributed by atoms with Crippen molar-refractivity contribution in [3.63, 3.8) is 0 Å². The number of esters is 1. The summed E-state index contributed by atoms with van der Waals surface area (Å²) in [7, 11) is 0. The van der Waals surface area contributed by atoms with E-state index < -0.39 is 0 Å². The van der Waals surface area contributed by atoms with Crippen molar-refractivity contribution in [1.29, 1.82) is 0 Å². The van der Waals surface area contributed by atoms with Crippen molar-refractivity contribution in [2.45, 2.75) is 59.0 Å². The fourth-order valence-electron chi connectivity index (χ4n) is 5.59. The van der Waals surface area contributed by atoms with Gasteiger partial charge in [-0.3, -0.25) is 4.79 Å². The first-order valence-corrected chi connectivity index (χ1v) is 27.5. The minimum absolute atomic E-state index is 0.131. The number of unbranched alkanes of at least 4 members (excludes halogenated alkanes) is 2. The second kappa shape index (κ2) is 68.7. The van der Waals surface area contributed by atoms with Gasteiger partial charge in [-0.1, -0.05) is 13.3 Å². The van der Waals surface area contributed by atoms with Crippen molar-refractivity contribution in [3.8, 4) is 0 Å². The standard InChI is InChI=1S/C52H104O23/c1-4-51(3)75-50-49-73-48-47-72-46-45-71-44-43-70-42-41-69-40-39-68-38-37-67-36-35-66-34-33-65-32-31-64-30-29-63-28-27-62-26-25-61-24-23-60-22-21-59-20-19-58-18-17-57-16-15-56-14-13-55-12-11-54-10-8-6-7-9-52(53)74-5-2/h51H,4-50H2,1-3H3. The van der Waals surface area contributed by atoms with Gasteiger partial charge >= 0.3 is 5.97 Å². The van der Waals surface area contributed by atoms with Gasteiger partial charge in [-0.25, -0.2) is 0 Å². The second-order valence-corrected chi connectivity index (χ2v) is 16.0. The highest BCUT2D eigenvalue weighted by molar-refractivity contribution is 5.69. The maximum Gasteiger partial charge on any atom is 0.305 e. The maximum atomic E-state index is 11.3. The average molecular weight is 1100 g/mol.